The van der Waals surface area contributed by atoms with Crippen LogP contribution in [0.25, 0.3) is 11.4 Å². The van der Waals surface area contributed by atoms with Crippen LogP contribution >= 0.6 is 0 Å². The predicted molar refractivity (Wildman–Crippen MR) is 94.0 cm³/mol. The monoisotopic (exact) mass is 343 g/mol. The van der Waals surface area contributed by atoms with E-state index >= 15 is 0 Å². The Bertz CT molecular complexity index is 711. The first kappa shape index (κ1) is 17.6. The molecule has 134 valence electrons. The molecule has 6 heteroatoms. The number of amides is 1. The molecule has 1 aliphatic heterocycles. The average molecular weight is 343 g/mol. The first-order valence-electron chi connectivity index (χ1n) is 8.89. The van der Waals surface area contributed by atoms with Crippen LogP contribution in [0.15, 0.2) is 28.8 Å². The van der Waals surface area contributed by atoms with Crippen molar-refractivity contribution in [3.8, 4) is 11.4 Å². The Morgan fingerprint density at radius 2 is 2.04 bits per heavy atom. The lowest BCUT2D eigenvalue weighted by atomic mass is 10.1. The lowest BCUT2D eigenvalue weighted by Crippen LogP contribution is -2.50. The zero-order valence-electron chi connectivity index (χ0n) is 15.1. The molecule has 2 atom stereocenters. The fraction of sp³-hybridized carbons (Fsp3) is 0.526. The van der Waals surface area contributed by atoms with E-state index in [4.69, 9.17) is 9.26 Å². The van der Waals surface area contributed by atoms with Crippen LogP contribution in [0, 0.1) is 0 Å². The number of carbonyl (C=O) groups excluding carboxylic acids is 1. The van der Waals surface area contributed by atoms with Crippen molar-refractivity contribution in [2.75, 3.05) is 13.2 Å². The van der Waals surface area contributed by atoms with E-state index < -0.39 is 0 Å². The molecule has 0 N–H and O–H groups in total. The molecule has 3 rings (SSSR count). The molecule has 0 spiro atoms. The van der Waals surface area contributed by atoms with Gasteiger partial charge in [0.25, 0.3) is 0 Å². The van der Waals surface area contributed by atoms with Gasteiger partial charge in [0.1, 0.15) is 0 Å². The van der Waals surface area contributed by atoms with Gasteiger partial charge in [-0.15, -0.1) is 0 Å². The zero-order valence-corrected chi connectivity index (χ0v) is 15.1. The highest BCUT2D eigenvalue weighted by Gasteiger charge is 2.27. The number of carbonyl (C=O) groups is 1. The summed E-state index contributed by atoms with van der Waals surface area (Å²) in [5.74, 6) is 1.17. The van der Waals surface area contributed by atoms with Gasteiger partial charge in [-0.25, -0.2) is 0 Å². The summed E-state index contributed by atoms with van der Waals surface area (Å²) < 4.78 is 10.9. The van der Waals surface area contributed by atoms with Gasteiger partial charge in [0.15, 0.2) is 0 Å². The minimum Gasteiger partial charge on any atom is -0.375 e. The third-order valence-corrected chi connectivity index (χ3v) is 4.57. The van der Waals surface area contributed by atoms with Crippen molar-refractivity contribution in [2.45, 2.75) is 52.2 Å². The van der Waals surface area contributed by atoms with Crippen LogP contribution in [0.5, 0.6) is 0 Å². The molecule has 1 aliphatic rings. The number of ether oxygens (including phenoxy) is 1. The van der Waals surface area contributed by atoms with Gasteiger partial charge in [0, 0.05) is 24.9 Å². The maximum absolute atomic E-state index is 12.5. The van der Waals surface area contributed by atoms with Gasteiger partial charge in [-0.2, -0.15) is 4.98 Å². The van der Waals surface area contributed by atoms with Crippen molar-refractivity contribution in [2.24, 2.45) is 0 Å². The molecule has 0 bridgehead atoms. The fourth-order valence-corrected chi connectivity index (χ4v) is 2.97. The Kier molecular flexibility index (Phi) is 5.48. The lowest BCUT2D eigenvalue weighted by molar-refractivity contribution is -0.143. The van der Waals surface area contributed by atoms with Crippen molar-refractivity contribution in [3.05, 3.63) is 35.7 Å². The summed E-state index contributed by atoms with van der Waals surface area (Å²) in [5, 5.41) is 4.03. The SMILES string of the molecule is CCc1ccc(-c2noc(CCC(=O)N3C[C@H](C)OC[C@@H]3C)n2)cc1. The highest BCUT2D eigenvalue weighted by Crippen LogP contribution is 2.18. The van der Waals surface area contributed by atoms with E-state index in [9.17, 15) is 4.79 Å². The minimum atomic E-state index is 0.0845. The van der Waals surface area contributed by atoms with E-state index in [0.29, 0.717) is 37.7 Å². The van der Waals surface area contributed by atoms with E-state index in [2.05, 4.69) is 29.2 Å². The summed E-state index contributed by atoms with van der Waals surface area (Å²) in [6.07, 6.45) is 1.91. The largest absolute Gasteiger partial charge is 0.375 e. The van der Waals surface area contributed by atoms with E-state index in [1.54, 1.807) is 0 Å². The van der Waals surface area contributed by atoms with Gasteiger partial charge in [0.2, 0.25) is 17.6 Å². The smallest absolute Gasteiger partial charge is 0.227 e. The zero-order chi connectivity index (χ0) is 17.8. The fourth-order valence-electron chi connectivity index (χ4n) is 2.97. The van der Waals surface area contributed by atoms with Gasteiger partial charge < -0.3 is 14.2 Å². The number of nitrogens with zero attached hydrogens (tertiary/aromatic N) is 3. The molecule has 0 saturated carbocycles. The second kappa shape index (κ2) is 7.78. The third kappa shape index (κ3) is 4.25. The van der Waals surface area contributed by atoms with Crippen molar-refractivity contribution >= 4 is 5.91 Å². The van der Waals surface area contributed by atoms with Crippen molar-refractivity contribution < 1.29 is 14.1 Å². The number of aromatic nitrogens is 2. The van der Waals surface area contributed by atoms with Gasteiger partial charge in [-0.3, -0.25) is 4.79 Å². The van der Waals surface area contributed by atoms with Crippen molar-refractivity contribution in [1.29, 1.82) is 0 Å². The third-order valence-electron chi connectivity index (χ3n) is 4.57. The molecule has 1 amide bonds. The molecular formula is C19H25N3O3. The van der Waals surface area contributed by atoms with Crippen LogP contribution in [0.3, 0.4) is 0 Å². The average Bonchev–Trinajstić information content (AvgIpc) is 3.11. The molecule has 6 nitrogen and oxygen atoms in total. The predicted octanol–water partition coefficient (Wildman–Crippen LogP) is 2.87. The second-order valence-electron chi connectivity index (χ2n) is 6.60. The number of rotatable bonds is 5. The van der Waals surface area contributed by atoms with Crippen molar-refractivity contribution in [3.63, 3.8) is 0 Å². The molecule has 0 aliphatic carbocycles. The van der Waals surface area contributed by atoms with E-state index in [0.717, 1.165) is 12.0 Å². The van der Waals surface area contributed by atoms with Crippen LogP contribution < -0.4 is 0 Å². The van der Waals surface area contributed by atoms with Crippen LogP contribution in [0.2, 0.25) is 0 Å². The molecule has 25 heavy (non-hydrogen) atoms. The molecule has 1 aromatic heterocycles. The quantitative estimate of drug-likeness (QED) is 0.835. The van der Waals surface area contributed by atoms with Gasteiger partial charge >= 0.3 is 0 Å². The van der Waals surface area contributed by atoms with Crippen molar-refractivity contribution in [1.82, 2.24) is 15.0 Å². The summed E-state index contributed by atoms with van der Waals surface area (Å²) >= 11 is 0. The number of aryl methyl sites for hydroxylation is 2. The molecular weight excluding hydrogens is 318 g/mol. The minimum absolute atomic E-state index is 0.0845. The molecule has 2 aromatic rings. The van der Waals surface area contributed by atoms with Crippen LogP contribution in [0.1, 0.15) is 38.6 Å². The standard InChI is InChI=1S/C19H25N3O3/c1-4-15-5-7-16(8-6-15)19-20-17(25-21-19)9-10-18(23)22-11-14(3)24-12-13(22)2/h5-8,13-14H,4,9-12H2,1-3H3/t13-,14-/m0/s1. The first-order valence-corrected chi connectivity index (χ1v) is 8.89. The maximum Gasteiger partial charge on any atom is 0.227 e. The van der Waals surface area contributed by atoms with Gasteiger partial charge in [-0.05, 0) is 25.8 Å². The topological polar surface area (TPSA) is 68.5 Å². The molecule has 1 fully saturated rings. The van der Waals surface area contributed by atoms with Gasteiger partial charge in [-0.1, -0.05) is 36.3 Å². The molecule has 1 aromatic carbocycles. The summed E-state index contributed by atoms with van der Waals surface area (Å²) in [6.45, 7) is 7.34. The number of morpholine rings is 1. The maximum atomic E-state index is 12.5. The summed E-state index contributed by atoms with van der Waals surface area (Å²) in [7, 11) is 0. The Morgan fingerprint density at radius 3 is 2.76 bits per heavy atom. The second-order valence-corrected chi connectivity index (χ2v) is 6.60. The molecule has 0 unspecified atom stereocenters. The van der Waals surface area contributed by atoms with E-state index in [1.807, 2.05) is 30.9 Å². The number of hydrogen-bond acceptors (Lipinski definition) is 5. The van der Waals surface area contributed by atoms with E-state index in [-0.39, 0.29) is 18.1 Å². The Labute approximate surface area is 148 Å². The first-order chi connectivity index (χ1) is 12.1. The Hall–Kier alpha value is -2.21. The molecule has 0 radical (unpaired) electrons. The Morgan fingerprint density at radius 1 is 1.28 bits per heavy atom. The number of hydrogen-bond donors (Lipinski definition) is 0. The Balaban J connectivity index is 1.58. The number of benzene rings is 1. The highest BCUT2D eigenvalue weighted by atomic mass is 16.5. The molecule has 1 saturated heterocycles. The van der Waals surface area contributed by atoms with E-state index in [1.165, 1.54) is 5.56 Å². The highest BCUT2D eigenvalue weighted by molar-refractivity contribution is 5.76. The van der Waals surface area contributed by atoms with Crippen LogP contribution in [-0.4, -0.2) is 46.2 Å². The normalized spacial score (nSPS) is 20.7. The van der Waals surface area contributed by atoms with Crippen LogP contribution in [-0.2, 0) is 22.4 Å². The summed E-state index contributed by atoms with van der Waals surface area (Å²) in [5.41, 5.74) is 2.20. The summed E-state index contributed by atoms with van der Waals surface area (Å²) in [4.78, 5) is 18.8. The molecule has 2 heterocycles. The van der Waals surface area contributed by atoms with Gasteiger partial charge in [0.05, 0.1) is 18.8 Å². The lowest BCUT2D eigenvalue weighted by Gasteiger charge is -2.36. The van der Waals surface area contributed by atoms with Crippen LogP contribution in [0.4, 0.5) is 0 Å². The summed E-state index contributed by atoms with van der Waals surface area (Å²) in [6, 6.07) is 8.23.